The minimum atomic E-state index is 0.412. The molecular weight excluding hydrogens is 274 g/mol. The summed E-state index contributed by atoms with van der Waals surface area (Å²) < 4.78 is 7.62. The molecule has 0 N–H and O–H groups in total. The maximum absolute atomic E-state index is 5.74. The summed E-state index contributed by atoms with van der Waals surface area (Å²) in [5, 5.41) is 8.36. The van der Waals surface area contributed by atoms with Crippen molar-refractivity contribution in [3.63, 3.8) is 0 Å². The highest BCUT2D eigenvalue weighted by molar-refractivity contribution is 5.40. The van der Waals surface area contributed by atoms with Gasteiger partial charge in [0, 0.05) is 12.7 Å². The van der Waals surface area contributed by atoms with Crippen LogP contribution < -0.4 is 4.74 Å². The SMILES string of the molecule is CCOc1ccc(C(C)Cc2cn(CC)nn2)cc1C(C)C. The smallest absolute Gasteiger partial charge is 0.122 e. The predicted octanol–water partition coefficient (Wildman–Crippen LogP) is 4.17. The zero-order chi connectivity index (χ0) is 16.1. The van der Waals surface area contributed by atoms with Gasteiger partial charge in [0.2, 0.25) is 0 Å². The van der Waals surface area contributed by atoms with E-state index in [1.807, 2.05) is 17.8 Å². The third-order valence-electron chi connectivity index (χ3n) is 3.95. The molecule has 0 aliphatic carbocycles. The maximum atomic E-state index is 5.74. The van der Waals surface area contributed by atoms with Crippen LogP contribution in [-0.4, -0.2) is 21.6 Å². The summed E-state index contributed by atoms with van der Waals surface area (Å²) in [5.41, 5.74) is 3.66. The van der Waals surface area contributed by atoms with Crippen molar-refractivity contribution in [3.05, 3.63) is 41.2 Å². The fraction of sp³-hybridized carbons (Fsp3) is 0.556. The van der Waals surface area contributed by atoms with Gasteiger partial charge in [-0.15, -0.1) is 5.10 Å². The fourth-order valence-corrected chi connectivity index (χ4v) is 2.63. The van der Waals surface area contributed by atoms with Crippen molar-refractivity contribution in [1.82, 2.24) is 15.0 Å². The molecule has 22 heavy (non-hydrogen) atoms. The second-order valence-corrected chi connectivity index (χ2v) is 6.06. The lowest BCUT2D eigenvalue weighted by atomic mass is 9.91. The maximum Gasteiger partial charge on any atom is 0.122 e. The summed E-state index contributed by atoms with van der Waals surface area (Å²) in [7, 11) is 0. The molecule has 0 aliphatic rings. The van der Waals surface area contributed by atoms with Crippen LogP contribution in [0.4, 0.5) is 0 Å². The van der Waals surface area contributed by atoms with Crippen LogP contribution in [0.5, 0.6) is 5.75 Å². The molecular formula is C18H27N3O. The van der Waals surface area contributed by atoms with E-state index in [4.69, 9.17) is 4.74 Å². The van der Waals surface area contributed by atoms with E-state index in [0.29, 0.717) is 18.4 Å². The van der Waals surface area contributed by atoms with Crippen molar-refractivity contribution >= 4 is 0 Å². The van der Waals surface area contributed by atoms with Crippen LogP contribution in [0.15, 0.2) is 24.4 Å². The standard InChI is InChI=1S/C18H27N3O/c1-6-21-12-16(19-20-21)10-14(5)15-8-9-18(22-7-2)17(11-15)13(3)4/h8-9,11-14H,6-7,10H2,1-5H3. The van der Waals surface area contributed by atoms with Crippen molar-refractivity contribution in [3.8, 4) is 5.75 Å². The average Bonchev–Trinajstić information content (AvgIpc) is 2.95. The highest BCUT2D eigenvalue weighted by atomic mass is 16.5. The van der Waals surface area contributed by atoms with E-state index in [1.54, 1.807) is 0 Å². The molecule has 0 saturated carbocycles. The Labute approximate surface area is 133 Å². The summed E-state index contributed by atoms with van der Waals surface area (Å²) in [6.45, 7) is 12.3. The van der Waals surface area contributed by atoms with Gasteiger partial charge >= 0.3 is 0 Å². The molecule has 0 radical (unpaired) electrons. The number of nitrogens with zero attached hydrogens (tertiary/aromatic N) is 3. The van der Waals surface area contributed by atoms with Crippen LogP contribution in [0.25, 0.3) is 0 Å². The third-order valence-corrected chi connectivity index (χ3v) is 3.95. The zero-order valence-corrected chi connectivity index (χ0v) is 14.3. The first-order valence-corrected chi connectivity index (χ1v) is 8.20. The van der Waals surface area contributed by atoms with Crippen LogP contribution >= 0.6 is 0 Å². The van der Waals surface area contributed by atoms with Crippen molar-refractivity contribution in [1.29, 1.82) is 0 Å². The molecule has 0 spiro atoms. The second kappa shape index (κ2) is 7.43. The third kappa shape index (κ3) is 3.87. The molecule has 4 heteroatoms. The number of hydrogen-bond donors (Lipinski definition) is 0. The van der Waals surface area contributed by atoms with E-state index < -0.39 is 0 Å². The van der Waals surface area contributed by atoms with Gasteiger partial charge in [-0.1, -0.05) is 38.1 Å². The predicted molar refractivity (Wildman–Crippen MR) is 89.5 cm³/mol. The van der Waals surface area contributed by atoms with Gasteiger partial charge in [-0.2, -0.15) is 0 Å². The van der Waals surface area contributed by atoms with Gasteiger partial charge in [-0.25, -0.2) is 0 Å². The number of aromatic nitrogens is 3. The van der Waals surface area contributed by atoms with Gasteiger partial charge in [0.1, 0.15) is 5.75 Å². The summed E-state index contributed by atoms with van der Waals surface area (Å²) >= 11 is 0. The first-order valence-electron chi connectivity index (χ1n) is 8.20. The topological polar surface area (TPSA) is 39.9 Å². The Balaban J connectivity index is 2.18. The van der Waals surface area contributed by atoms with Gasteiger partial charge in [-0.3, -0.25) is 4.68 Å². The summed E-state index contributed by atoms with van der Waals surface area (Å²) in [6, 6.07) is 6.56. The van der Waals surface area contributed by atoms with Gasteiger partial charge in [0.15, 0.2) is 0 Å². The van der Waals surface area contributed by atoms with Crippen molar-refractivity contribution in [2.75, 3.05) is 6.61 Å². The Morgan fingerprint density at radius 2 is 1.95 bits per heavy atom. The van der Waals surface area contributed by atoms with Crippen LogP contribution in [0.1, 0.15) is 63.3 Å². The monoisotopic (exact) mass is 301 g/mol. The van der Waals surface area contributed by atoms with Crippen LogP contribution in [-0.2, 0) is 13.0 Å². The lowest BCUT2D eigenvalue weighted by Gasteiger charge is -2.17. The van der Waals surface area contributed by atoms with Crippen LogP contribution in [0.2, 0.25) is 0 Å². The molecule has 1 aromatic heterocycles. The molecule has 4 nitrogen and oxygen atoms in total. The minimum Gasteiger partial charge on any atom is -0.494 e. The van der Waals surface area contributed by atoms with Gasteiger partial charge in [-0.05, 0) is 49.3 Å². The van der Waals surface area contributed by atoms with Crippen molar-refractivity contribution < 1.29 is 4.74 Å². The fourth-order valence-electron chi connectivity index (χ4n) is 2.63. The van der Waals surface area contributed by atoms with Crippen LogP contribution in [0, 0.1) is 0 Å². The molecule has 1 unspecified atom stereocenters. The van der Waals surface area contributed by atoms with E-state index in [1.165, 1.54) is 11.1 Å². The second-order valence-electron chi connectivity index (χ2n) is 6.06. The molecule has 0 amide bonds. The Hall–Kier alpha value is -1.84. The molecule has 0 saturated heterocycles. The van der Waals surface area contributed by atoms with E-state index in [0.717, 1.165) is 24.4 Å². The van der Waals surface area contributed by atoms with Gasteiger partial charge in [0.05, 0.1) is 12.3 Å². The Morgan fingerprint density at radius 1 is 1.18 bits per heavy atom. The summed E-state index contributed by atoms with van der Waals surface area (Å²) in [5.74, 6) is 1.87. The Bertz CT molecular complexity index is 604. The molecule has 0 bridgehead atoms. The highest BCUT2D eigenvalue weighted by Crippen LogP contribution is 2.31. The molecule has 2 aromatic rings. The molecule has 0 aliphatic heterocycles. The zero-order valence-electron chi connectivity index (χ0n) is 14.3. The lowest BCUT2D eigenvalue weighted by molar-refractivity contribution is 0.335. The summed E-state index contributed by atoms with van der Waals surface area (Å²) in [6.07, 6.45) is 2.94. The van der Waals surface area contributed by atoms with Crippen molar-refractivity contribution in [2.24, 2.45) is 0 Å². The molecule has 1 aromatic carbocycles. The highest BCUT2D eigenvalue weighted by Gasteiger charge is 2.14. The Morgan fingerprint density at radius 3 is 2.55 bits per heavy atom. The first kappa shape index (κ1) is 16.5. The van der Waals surface area contributed by atoms with Gasteiger partial charge in [0.25, 0.3) is 0 Å². The molecule has 2 rings (SSSR count). The largest absolute Gasteiger partial charge is 0.494 e. The number of ether oxygens (including phenoxy) is 1. The van der Waals surface area contributed by atoms with Gasteiger partial charge < -0.3 is 4.74 Å². The van der Waals surface area contributed by atoms with Crippen molar-refractivity contribution in [2.45, 2.75) is 59.4 Å². The molecule has 120 valence electrons. The quantitative estimate of drug-likeness (QED) is 0.770. The van der Waals surface area contributed by atoms with E-state index in [9.17, 15) is 0 Å². The minimum absolute atomic E-state index is 0.412. The normalized spacial score (nSPS) is 12.6. The number of rotatable bonds is 7. The van der Waals surface area contributed by atoms with Crippen LogP contribution in [0.3, 0.4) is 0 Å². The molecule has 0 fully saturated rings. The number of aryl methyl sites for hydroxylation is 1. The number of hydrogen-bond acceptors (Lipinski definition) is 3. The average molecular weight is 301 g/mol. The molecule has 1 heterocycles. The lowest BCUT2D eigenvalue weighted by Crippen LogP contribution is -2.03. The van der Waals surface area contributed by atoms with E-state index >= 15 is 0 Å². The first-order chi connectivity index (χ1) is 10.5. The molecule has 1 atom stereocenters. The Kier molecular flexibility index (Phi) is 5.58. The number of benzene rings is 1. The van der Waals surface area contributed by atoms with E-state index in [2.05, 4.69) is 56.2 Å². The van der Waals surface area contributed by atoms with E-state index in [-0.39, 0.29) is 0 Å². The summed E-state index contributed by atoms with van der Waals surface area (Å²) in [4.78, 5) is 0.